The van der Waals surface area contributed by atoms with E-state index >= 15 is 0 Å². The maximum absolute atomic E-state index is 7.64. The molecule has 0 aromatic heterocycles. The molecule has 0 aliphatic carbocycles. The minimum absolute atomic E-state index is 2.30. The van der Waals surface area contributed by atoms with Gasteiger partial charge in [0.15, 0.2) is 0 Å². The average Bonchev–Trinajstić information content (AvgIpc) is 1.30. The van der Waals surface area contributed by atoms with Crippen LogP contribution in [0.4, 0.5) is 0 Å². The number of nitrogens with zero attached hydrogens (tertiary/aromatic N) is 3. The smallest absolute Gasteiger partial charge is 0.121 e. The first-order valence-corrected chi connectivity index (χ1v) is 6.17. The zero-order chi connectivity index (χ0) is 5.91. The van der Waals surface area contributed by atoms with Crippen LogP contribution in [0.3, 0.4) is 0 Å². The molecule has 0 heterocycles. The van der Waals surface area contributed by atoms with E-state index in [4.69, 9.17) is 38.8 Å². The predicted molar refractivity (Wildman–Crippen MR) is 32.5 cm³/mol. The lowest BCUT2D eigenvalue weighted by molar-refractivity contribution is 1.74. The monoisotopic (exact) mass is 175 g/mol. The Morgan fingerprint density at radius 2 is 1.86 bits per heavy atom. The number of hydrogen-bond acceptors (Lipinski definition) is 1. The Morgan fingerprint density at radius 1 is 1.43 bits per heavy atom. The van der Waals surface area contributed by atoms with Gasteiger partial charge in [0.2, 0.25) is 0 Å². The molecule has 40 valence electrons. The van der Waals surface area contributed by atoms with Crippen LogP contribution in [0.2, 0.25) is 0 Å². The summed E-state index contributed by atoms with van der Waals surface area (Å²) in [6.45, 7) is 0. The van der Waals surface area contributed by atoms with E-state index in [9.17, 15) is 0 Å². The van der Waals surface area contributed by atoms with Crippen molar-refractivity contribution in [2.45, 2.75) is 0 Å². The van der Waals surface area contributed by atoms with Gasteiger partial charge >= 0.3 is 6.16 Å². The molecule has 0 spiro atoms. The van der Waals surface area contributed by atoms with E-state index in [2.05, 4.69) is 9.69 Å². The van der Waals surface area contributed by atoms with Gasteiger partial charge in [0.1, 0.15) is 0 Å². The minimum atomic E-state index is -3.03. The maximum atomic E-state index is 7.64. The van der Waals surface area contributed by atoms with Crippen LogP contribution in [0, 0.1) is 0 Å². The van der Waals surface area contributed by atoms with Gasteiger partial charge in [-0.25, -0.2) is 0 Å². The highest BCUT2D eigenvalue weighted by atomic mass is 35.8. The third kappa shape index (κ3) is 6.40. The van der Waals surface area contributed by atoms with Crippen molar-refractivity contribution < 1.29 is 0 Å². The number of hydrogen-bond donors (Lipinski definition) is 0. The van der Waals surface area contributed by atoms with Gasteiger partial charge in [-0.1, -0.05) is 4.78 Å². The predicted octanol–water partition coefficient (Wildman–Crippen LogP) is 2.45. The highest BCUT2D eigenvalue weighted by Crippen LogP contribution is 2.20. The summed E-state index contributed by atoms with van der Waals surface area (Å²) >= 11 is 15.2. The Labute approximate surface area is 55.0 Å². The summed E-state index contributed by atoms with van der Waals surface area (Å²) in [6.07, 6.45) is -3.03. The molecule has 0 atom stereocenters. The fourth-order valence-electron chi connectivity index (χ4n) is 0.0507. The van der Waals surface area contributed by atoms with Crippen molar-refractivity contribution in [1.82, 2.24) is 0 Å². The van der Waals surface area contributed by atoms with E-state index in [1.54, 1.807) is 0 Å². The summed E-state index contributed by atoms with van der Waals surface area (Å²) in [4.78, 5) is 2.30. The summed E-state index contributed by atoms with van der Waals surface area (Å²) in [7, 11) is 0. The third-order valence-corrected chi connectivity index (χ3v) is 1.15. The Kier molecular flexibility index (Phi) is 2.79. The van der Waals surface area contributed by atoms with Crippen LogP contribution < -0.4 is 0 Å². The second-order valence-electron chi connectivity index (χ2n) is 0.657. The minimum Gasteiger partial charge on any atom is -0.121 e. The van der Waals surface area contributed by atoms with E-state index < -0.39 is 6.16 Å². The van der Waals surface area contributed by atoms with Gasteiger partial charge < -0.3 is 0 Å². The lowest BCUT2D eigenvalue weighted by Gasteiger charge is -1.90. The van der Waals surface area contributed by atoms with Crippen molar-refractivity contribution in [1.29, 1.82) is 0 Å². The fourth-order valence-corrected chi connectivity index (χ4v) is 0.456. The Bertz CT molecular complexity index is 97.2. The van der Waals surface area contributed by atoms with Gasteiger partial charge in [-0.05, 0) is 5.53 Å². The molecule has 3 nitrogen and oxygen atoms in total. The SMILES string of the molecule is [N-]=[N+]=N[Si](Cl)(Cl)Cl. The maximum Gasteiger partial charge on any atom is 0.433 e. The first-order chi connectivity index (χ1) is 3.06. The van der Waals surface area contributed by atoms with E-state index in [0.29, 0.717) is 0 Å². The van der Waals surface area contributed by atoms with Crippen LogP contribution in [0.15, 0.2) is 4.78 Å². The van der Waals surface area contributed by atoms with Crippen molar-refractivity contribution in [3.05, 3.63) is 10.4 Å². The van der Waals surface area contributed by atoms with Crippen LogP contribution in [0.1, 0.15) is 0 Å². The second kappa shape index (κ2) is 2.64. The van der Waals surface area contributed by atoms with E-state index in [0.717, 1.165) is 0 Å². The van der Waals surface area contributed by atoms with Crippen LogP contribution in [0.5, 0.6) is 0 Å². The Hall–Kier alpha value is 0.397. The first-order valence-electron chi connectivity index (χ1n) is 1.19. The van der Waals surface area contributed by atoms with Crippen LogP contribution in [-0.2, 0) is 0 Å². The molecule has 0 aliphatic rings. The molecule has 0 unspecified atom stereocenters. The highest BCUT2D eigenvalue weighted by Gasteiger charge is 2.21. The standard InChI is InChI=1S/Cl3N3Si/c1-7(2,3)6-5-4. The molecular weight excluding hydrogens is 176 g/mol. The van der Waals surface area contributed by atoms with Crippen LogP contribution in [0.25, 0.3) is 10.4 Å². The molecule has 0 saturated carbocycles. The lowest BCUT2D eigenvalue weighted by atomic mass is 13.0. The van der Waals surface area contributed by atoms with Gasteiger partial charge in [-0.3, -0.25) is 0 Å². The molecule has 0 aliphatic heterocycles. The molecule has 0 aromatic rings. The van der Waals surface area contributed by atoms with Crippen molar-refractivity contribution >= 4 is 39.4 Å². The Morgan fingerprint density at radius 3 is 1.86 bits per heavy atom. The van der Waals surface area contributed by atoms with Crippen molar-refractivity contribution in [3.63, 3.8) is 0 Å². The summed E-state index contributed by atoms with van der Waals surface area (Å²) in [6, 6.07) is 0. The molecule has 0 fully saturated rings. The van der Waals surface area contributed by atoms with Gasteiger partial charge in [0.25, 0.3) is 0 Å². The zero-order valence-corrected chi connectivity index (χ0v) is 6.24. The molecule has 0 aromatic carbocycles. The van der Waals surface area contributed by atoms with E-state index in [-0.39, 0.29) is 0 Å². The number of rotatable bonds is 1. The molecular formula is Cl3N3Si. The largest absolute Gasteiger partial charge is 0.433 e. The molecule has 0 rings (SSSR count). The normalized spacial score (nSPS) is 10.1. The summed E-state index contributed by atoms with van der Waals surface area (Å²) in [5.41, 5.74) is 7.64. The van der Waals surface area contributed by atoms with Gasteiger partial charge in [-0.2, -0.15) is 0 Å². The van der Waals surface area contributed by atoms with Gasteiger partial charge in [0, 0.05) is 4.91 Å². The fraction of sp³-hybridized carbons (Fsp3) is 0. The second-order valence-corrected chi connectivity index (χ2v) is 8.46. The molecule has 0 N–H and O–H groups in total. The summed E-state index contributed by atoms with van der Waals surface area (Å²) in [5, 5.41) is 0. The molecule has 0 bridgehead atoms. The summed E-state index contributed by atoms with van der Waals surface area (Å²) < 4.78 is 2.87. The first kappa shape index (κ1) is 7.40. The topological polar surface area (TPSA) is 48.8 Å². The highest BCUT2D eigenvalue weighted by molar-refractivity contribution is 7.64. The van der Waals surface area contributed by atoms with E-state index in [1.807, 2.05) is 0 Å². The molecule has 7 heavy (non-hydrogen) atoms. The van der Waals surface area contributed by atoms with Gasteiger partial charge in [0.05, 0.1) is 0 Å². The molecule has 0 radical (unpaired) electrons. The zero-order valence-electron chi connectivity index (χ0n) is 2.98. The van der Waals surface area contributed by atoms with Crippen LogP contribution in [-0.4, -0.2) is 6.16 Å². The average molecular weight is 176 g/mol. The van der Waals surface area contributed by atoms with E-state index in [1.165, 1.54) is 0 Å². The Balaban J connectivity index is 3.80. The number of azide groups is 1. The quantitative estimate of drug-likeness (QED) is 0.194. The third-order valence-electron chi connectivity index (χ3n) is 0.158. The molecule has 0 saturated heterocycles. The molecule has 7 heteroatoms. The number of halogens is 3. The van der Waals surface area contributed by atoms with Crippen LogP contribution >= 0.6 is 33.2 Å². The van der Waals surface area contributed by atoms with Crippen molar-refractivity contribution in [3.8, 4) is 0 Å². The van der Waals surface area contributed by atoms with Crippen molar-refractivity contribution in [2.24, 2.45) is 4.78 Å². The van der Waals surface area contributed by atoms with Crippen molar-refractivity contribution in [2.75, 3.05) is 0 Å². The summed E-state index contributed by atoms with van der Waals surface area (Å²) in [5.74, 6) is 0. The molecule has 0 amide bonds. The van der Waals surface area contributed by atoms with Gasteiger partial charge in [-0.15, -0.1) is 33.2 Å². The lowest BCUT2D eigenvalue weighted by Crippen LogP contribution is -2.01.